The second-order valence-corrected chi connectivity index (χ2v) is 9.85. The molecule has 0 aromatic heterocycles. The molecule has 1 heterocycles. The van der Waals surface area contributed by atoms with Crippen molar-refractivity contribution in [2.45, 2.75) is 63.3 Å². The Morgan fingerprint density at radius 2 is 1.77 bits per heavy atom. The summed E-state index contributed by atoms with van der Waals surface area (Å²) >= 11 is 0. The molecule has 1 saturated carbocycles. The van der Waals surface area contributed by atoms with Gasteiger partial charge in [0.05, 0.1) is 30.7 Å². The molecule has 1 aliphatic heterocycles. The summed E-state index contributed by atoms with van der Waals surface area (Å²) in [5, 5.41) is 3.22. The van der Waals surface area contributed by atoms with E-state index in [1.807, 2.05) is 43.3 Å². The SMILES string of the molecule is COC(=O)c1ccc(C(C)NC(=O)C2(c3cccc(OCC4CCCCC4)c3)CCOCC2)cc1. The number of hydrogen-bond donors (Lipinski definition) is 1. The van der Waals surface area contributed by atoms with Crippen molar-refractivity contribution in [1.82, 2.24) is 5.32 Å². The molecule has 0 radical (unpaired) electrons. The van der Waals surface area contributed by atoms with Gasteiger partial charge in [-0.15, -0.1) is 0 Å². The predicted molar refractivity (Wildman–Crippen MR) is 135 cm³/mol. The zero-order valence-corrected chi connectivity index (χ0v) is 20.9. The maximum absolute atomic E-state index is 13.8. The molecule has 1 saturated heterocycles. The standard InChI is InChI=1S/C29H37NO5/c1-21(23-11-13-24(14-12-23)27(31)33-2)30-28(32)29(15-17-34-18-16-29)25-9-6-10-26(19-25)35-20-22-7-4-3-5-8-22/h6,9-14,19,21-22H,3-5,7-8,15-18,20H2,1-2H3,(H,30,32). The molecule has 6 heteroatoms. The minimum absolute atomic E-state index is 0.00484. The molecule has 35 heavy (non-hydrogen) atoms. The van der Waals surface area contributed by atoms with Crippen LogP contribution in [0, 0.1) is 5.92 Å². The first-order valence-electron chi connectivity index (χ1n) is 12.8. The van der Waals surface area contributed by atoms with Crippen LogP contribution in [-0.4, -0.2) is 38.8 Å². The Morgan fingerprint density at radius 1 is 1.06 bits per heavy atom. The Balaban J connectivity index is 1.48. The van der Waals surface area contributed by atoms with Crippen LogP contribution in [0.2, 0.25) is 0 Å². The van der Waals surface area contributed by atoms with Crippen molar-refractivity contribution in [1.29, 1.82) is 0 Å². The Labute approximate surface area is 208 Å². The second kappa shape index (κ2) is 11.7. The van der Waals surface area contributed by atoms with Gasteiger partial charge in [-0.25, -0.2) is 4.79 Å². The van der Waals surface area contributed by atoms with Crippen LogP contribution in [0.3, 0.4) is 0 Å². The third-order valence-electron chi connectivity index (χ3n) is 7.56. The highest BCUT2D eigenvalue weighted by Crippen LogP contribution is 2.37. The van der Waals surface area contributed by atoms with E-state index in [0.717, 1.165) is 23.5 Å². The summed E-state index contributed by atoms with van der Waals surface area (Å²) < 4.78 is 16.6. The van der Waals surface area contributed by atoms with E-state index in [1.54, 1.807) is 12.1 Å². The van der Waals surface area contributed by atoms with Crippen molar-refractivity contribution in [3.05, 3.63) is 65.2 Å². The minimum Gasteiger partial charge on any atom is -0.493 e. The fraction of sp³-hybridized carbons (Fsp3) is 0.517. The summed E-state index contributed by atoms with van der Waals surface area (Å²) in [5.74, 6) is 1.08. The van der Waals surface area contributed by atoms with Crippen molar-refractivity contribution in [3.63, 3.8) is 0 Å². The fourth-order valence-electron chi connectivity index (χ4n) is 5.26. The van der Waals surface area contributed by atoms with Crippen LogP contribution >= 0.6 is 0 Å². The fourth-order valence-corrected chi connectivity index (χ4v) is 5.26. The van der Waals surface area contributed by atoms with Gasteiger partial charge in [0.2, 0.25) is 5.91 Å². The smallest absolute Gasteiger partial charge is 0.337 e. The Kier molecular flexibility index (Phi) is 8.45. The maximum atomic E-state index is 13.8. The quantitative estimate of drug-likeness (QED) is 0.516. The average Bonchev–Trinajstić information content (AvgIpc) is 2.92. The predicted octanol–water partition coefficient (Wildman–Crippen LogP) is 5.36. The molecule has 2 aromatic carbocycles. The molecule has 6 nitrogen and oxygen atoms in total. The van der Waals surface area contributed by atoms with Crippen molar-refractivity contribution in [2.75, 3.05) is 26.9 Å². The summed E-state index contributed by atoms with van der Waals surface area (Å²) in [6, 6.07) is 15.0. The number of esters is 1. The van der Waals surface area contributed by atoms with Gasteiger partial charge in [-0.1, -0.05) is 43.5 Å². The van der Waals surface area contributed by atoms with Crippen molar-refractivity contribution in [2.24, 2.45) is 5.92 Å². The van der Waals surface area contributed by atoms with E-state index in [0.29, 0.717) is 37.5 Å². The highest BCUT2D eigenvalue weighted by atomic mass is 16.5. The zero-order chi connectivity index (χ0) is 24.7. The van der Waals surface area contributed by atoms with E-state index in [4.69, 9.17) is 14.2 Å². The number of amides is 1. The number of carbonyl (C=O) groups excluding carboxylic acids is 2. The lowest BCUT2D eigenvalue weighted by Gasteiger charge is -2.37. The number of ether oxygens (including phenoxy) is 3. The summed E-state index contributed by atoms with van der Waals surface area (Å²) in [6.07, 6.45) is 7.64. The Bertz CT molecular complexity index is 990. The molecular formula is C29H37NO5. The van der Waals surface area contributed by atoms with Gasteiger partial charge in [0.25, 0.3) is 0 Å². The van der Waals surface area contributed by atoms with Gasteiger partial charge < -0.3 is 19.5 Å². The molecule has 188 valence electrons. The van der Waals surface area contributed by atoms with Gasteiger partial charge in [0, 0.05) is 13.2 Å². The molecule has 1 aliphatic carbocycles. The van der Waals surface area contributed by atoms with Crippen LogP contribution in [0.4, 0.5) is 0 Å². The summed E-state index contributed by atoms with van der Waals surface area (Å²) in [6.45, 7) is 3.79. The highest BCUT2D eigenvalue weighted by molar-refractivity contribution is 5.90. The summed E-state index contributed by atoms with van der Waals surface area (Å²) in [7, 11) is 1.36. The highest BCUT2D eigenvalue weighted by Gasteiger charge is 2.42. The maximum Gasteiger partial charge on any atom is 0.337 e. The van der Waals surface area contributed by atoms with Gasteiger partial charge in [-0.05, 0) is 73.9 Å². The monoisotopic (exact) mass is 479 g/mol. The zero-order valence-electron chi connectivity index (χ0n) is 20.9. The number of rotatable bonds is 8. The minimum atomic E-state index is -0.664. The van der Waals surface area contributed by atoms with Crippen LogP contribution in [0.5, 0.6) is 5.75 Å². The average molecular weight is 480 g/mol. The number of nitrogens with one attached hydrogen (secondary N) is 1. The van der Waals surface area contributed by atoms with Crippen LogP contribution in [-0.2, 0) is 19.7 Å². The van der Waals surface area contributed by atoms with Gasteiger partial charge >= 0.3 is 5.97 Å². The molecule has 0 spiro atoms. The molecule has 2 aliphatic rings. The number of benzene rings is 2. The van der Waals surface area contributed by atoms with Crippen molar-refractivity contribution >= 4 is 11.9 Å². The molecular weight excluding hydrogens is 442 g/mol. The molecule has 1 N–H and O–H groups in total. The summed E-state index contributed by atoms with van der Waals surface area (Å²) in [5.41, 5.74) is 1.73. The lowest BCUT2D eigenvalue weighted by molar-refractivity contribution is -0.131. The molecule has 1 amide bonds. The first kappa shape index (κ1) is 25.2. The van der Waals surface area contributed by atoms with E-state index >= 15 is 0 Å². The third-order valence-corrected chi connectivity index (χ3v) is 7.56. The van der Waals surface area contributed by atoms with Crippen molar-refractivity contribution in [3.8, 4) is 5.75 Å². The summed E-state index contributed by atoms with van der Waals surface area (Å²) in [4.78, 5) is 25.5. The first-order chi connectivity index (χ1) is 17.0. The van der Waals surface area contributed by atoms with Crippen LogP contribution in [0.25, 0.3) is 0 Å². The second-order valence-electron chi connectivity index (χ2n) is 9.85. The molecule has 0 bridgehead atoms. The van der Waals surface area contributed by atoms with Crippen LogP contribution < -0.4 is 10.1 Å². The Hall–Kier alpha value is -2.86. The largest absolute Gasteiger partial charge is 0.493 e. The van der Waals surface area contributed by atoms with E-state index < -0.39 is 5.41 Å². The number of carbonyl (C=O) groups is 2. The third kappa shape index (κ3) is 6.04. The molecule has 4 rings (SSSR count). The van der Waals surface area contributed by atoms with Crippen LogP contribution in [0.15, 0.2) is 48.5 Å². The van der Waals surface area contributed by atoms with Crippen molar-refractivity contribution < 1.29 is 23.8 Å². The number of hydrogen-bond acceptors (Lipinski definition) is 5. The van der Waals surface area contributed by atoms with E-state index in [9.17, 15) is 9.59 Å². The van der Waals surface area contributed by atoms with Crippen LogP contribution in [0.1, 0.15) is 79.4 Å². The lowest BCUT2D eigenvalue weighted by Crippen LogP contribution is -2.48. The van der Waals surface area contributed by atoms with Gasteiger partial charge in [0.15, 0.2) is 0 Å². The van der Waals surface area contributed by atoms with E-state index in [1.165, 1.54) is 39.2 Å². The topological polar surface area (TPSA) is 73.9 Å². The molecule has 2 fully saturated rings. The lowest BCUT2D eigenvalue weighted by atomic mass is 9.73. The first-order valence-corrected chi connectivity index (χ1v) is 12.8. The normalized spacial score (nSPS) is 18.9. The Morgan fingerprint density at radius 3 is 2.46 bits per heavy atom. The number of methoxy groups -OCH3 is 1. The molecule has 1 atom stereocenters. The van der Waals surface area contributed by atoms with Gasteiger partial charge in [0.1, 0.15) is 5.75 Å². The molecule has 2 aromatic rings. The van der Waals surface area contributed by atoms with E-state index in [2.05, 4.69) is 5.32 Å². The van der Waals surface area contributed by atoms with E-state index in [-0.39, 0.29) is 17.9 Å². The van der Waals surface area contributed by atoms with Gasteiger partial charge in [-0.2, -0.15) is 0 Å². The van der Waals surface area contributed by atoms with Gasteiger partial charge in [-0.3, -0.25) is 4.79 Å². The molecule has 1 unspecified atom stereocenters.